The first-order valence-electron chi connectivity index (χ1n) is 4.94. The van der Waals surface area contributed by atoms with Crippen molar-refractivity contribution in [3.05, 3.63) is 0 Å². The molecule has 2 nitrogen and oxygen atoms in total. The Balaban J connectivity index is 1.70. The van der Waals surface area contributed by atoms with Crippen molar-refractivity contribution in [2.24, 2.45) is 5.92 Å². The molecular weight excluding hydrogens is 152 g/mol. The zero-order chi connectivity index (χ0) is 8.40. The van der Waals surface area contributed by atoms with Gasteiger partial charge in [-0.1, -0.05) is 0 Å². The third-order valence-corrected chi connectivity index (χ3v) is 3.99. The van der Waals surface area contributed by atoms with Crippen LogP contribution >= 0.6 is 0 Å². The van der Waals surface area contributed by atoms with Gasteiger partial charge in [-0.3, -0.25) is 0 Å². The van der Waals surface area contributed by atoms with Crippen LogP contribution in [-0.4, -0.2) is 23.9 Å². The van der Waals surface area contributed by atoms with E-state index >= 15 is 0 Å². The molecule has 3 aliphatic rings. The summed E-state index contributed by atoms with van der Waals surface area (Å²) in [6.07, 6.45) is 4.31. The molecule has 0 N–H and O–H groups in total. The van der Waals surface area contributed by atoms with Gasteiger partial charge >= 0.3 is 0 Å². The standard InChI is InChI=1S/C10H16O2/c1-9-4-3-7(5-8(9)12-9)10(2)6-11-10/h7-8H,3-6H2,1-2H3. The molecule has 2 saturated heterocycles. The first-order valence-corrected chi connectivity index (χ1v) is 4.94. The van der Waals surface area contributed by atoms with Crippen molar-refractivity contribution >= 4 is 0 Å². The SMILES string of the molecule is CC1(C2CCC3(C)OC3C2)CO1. The molecular formula is C10H16O2. The minimum Gasteiger partial charge on any atom is -0.370 e. The molecule has 3 fully saturated rings. The highest BCUT2D eigenvalue weighted by atomic mass is 16.6. The summed E-state index contributed by atoms with van der Waals surface area (Å²) in [5.41, 5.74) is 0.495. The van der Waals surface area contributed by atoms with Crippen LogP contribution < -0.4 is 0 Å². The summed E-state index contributed by atoms with van der Waals surface area (Å²) in [7, 11) is 0. The second-order valence-corrected chi connectivity index (χ2v) is 4.99. The van der Waals surface area contributed by atoms with Crippen LogP contribution in [0, 0.1) is 5.92 Å². The molecule has 0 aromatic rings. The van der Waals surface area contributed by atoms with Crippen LogP contribution in [0.3, 0.4) is 0 Å². The van der Waals surface area contributed by atoms with Gasteiger partial charge in [0.1, 0.15) is 0 Å². The minimum absolute atomic E-state index is 0.229. The molecule has 0 aromatic heterocycles. The predicted molar refractivity (Wildman–Crippen MR) is 45.0 cm³/mol. The lowest BCUT2D eigenvalue weighted by Gasteiger charge is -2.25. The molecule has 1 aliphatic carbocycles. The van der Waals surface area contributed by atoms with E-state index in [-0.39, 0.29) is 11.2 Å². The summed E-state index contributed by atoms with van der Waals surface area (Å²) in [6.45, 7) is 5.45. The Morgan fingerprint density at radius 3 is 2.58 bits per heavy atom. The molecule has 0 aromatic carbocycles. The summed E-state index contributed by atoms with van der Waals surface area (Å²) in [5.74, 6) is 0.762. The molecule has 0 spiro atoms. The van der Waals surface area contributed by atoms with Crippen LogP contribution in [0.5, 0.6) is 0 Å². The Morgan fingerprint density at radius 1 is 1.25 bits per heavy atom. The smallest absolute Gasteiger partial charge is 0.0920 e. The molecule has 4 atom stereocenters. The first kappa shape index (κ1) is 7.34. The third kappa shape index (κ3) is 0.882. The summed E-state index contributed by atoms with van der Waals surface area (Å²) in [4.78, 5) is 0. The van der Waals surface area contributed by atoms with E-state index in [9.17, 15) is 0 Å². The van der Waals surface area contributed by atoms with Crippen molar-refractivity contribution in [3.63, 3.8) is 0 Å². The predicted octanol–water partition coefficient (Wildman–Crippen LogP) is 1.73. The van der Waals surface area contributed by atoms with Crippen molar-refractivity contribution in [3.8, 4) is 0 Å². The van der Waals surface area contributed by atoms with Gasteiger partial charge in [0.25, 0.3) is 0 Å². The number of fused-ring (bicyclic) bond motifs is 1. The fourth-order valence-corrected chi connectivity index (χ4v) is 2.55. The Labute approximate surface area is 73.2 Å². The molecule has 0 amide bonds. The van der Waals surface area contributed by atoms with Gasteiger partial charge in [0.2, 0.25) is 0 Å². The second-order valence-electron chi connectivity index (χ2n) is 4.99. The maximum absolute atomic E-state index is 5.66. The van der Waals surface area contributed by atoms with E-state index in [0.29, 0.717) is 6.10 Å². The molecule has 2 heteroatoms. The number of rotatable bonds is 1. The molecule has 2 heterocycles. The van der Waals surface area contributed by atoms with Crippen molar-refractivity contribution < 1.29 is 9.47 Å². The largest absolute Gasteiger partial charge is 0.370 e. The van der Waals surface area contributed by atoms with Crippen LogP contribution in [0.2, 0.25) is 0 Å². The van der Waals surface area contributed by atoms with E-state index in [0.717, 1.165) is 12.5 Å². The van der Waals surface area contributed by atoms with Gasteiger partial charge in [-0.25, -0.2) is 0 Å². The van der Waals surface area contributed by atoms with Gasteiger partial charge in [0, 0.05) is 0 Å². The van der Waals surface area contributed by atoms with Gasteiger partial charge in [0.15, 0.2) is 0 Å². The number of ether oxygens (including phenoxy) is 2. The topological polar surface area (TPSA) is 25.1 Å². The lowest BCUT2D eigenvalue weighted by molar-refractivity contribution is 0.191. The molecule has 68 valence electrons. The fraction of sp³-hybridized carbons (Fsp3) is 1.00. The normalized spacial score (nSPS) is 62.5. The molecule has 0 bridgehead atoms. The quantitative estimate of drug-likeness (QED) is 0.557. The van der Waals surface area contributed by atoms with Crippen LogP contribution in [-0.2, 0) is 9.47 Å². The van der Waals surface area contributed by atoms with Gasteiger partial charge in [-0.2, -0.15) is 0 Å². The monoisotopic (exact) mass is 168 g/mol. The van der Waals surface area contributed by atoms with Crippen LogP contribution in [0.15, 0.2) is 0 Å². The Hall–Kier alpha value is -0.0800. The fourth-order valence-electron chi connectivity index (χ4n) is 2.55. The van der Waals surface area contributed by atoms with Crippen molar-refractivity contribution in [1.82, 2.24) is 0 Å². The van der Waals surface area contributed by atoms with Gasteiger partial charge < -0.3 is 9.47 Å². The summed E-state index contributed by atoms with van der Waals surface area (Å²) in [6, 6.07) is 0. The van der Waals surface area contributed by atoms with E-state index in [1.54, 1.807) is 0 Å². The highest BCUT2D eigenvalue weighted by Crippen LogP contribution is 2.54. The third-order valence-electron chi connectivity index (χ3n) is 3.99. The van der Waals surface area contributed by atoms with E-state index in [1.165, 1.54) is 19.3 Å². The van der Waals surface area contributed by atoms with Gasteiger partial charge in [-0.05, 0) is 39.0 Å². The lowest BCUT2D eigenvalue weighted by atomic mass is 9.77. The molecule has 3 rings (SSSR count). The maximum atomic E-state index is 5.66. The average molecular weight is 168 g/mol. The molecule has 1 saturated carbocycles. The van der Waals surface area contributed by atoms with Crippen LogP contribution in [0.25, 0.3) is 0 Å². The summed E-state index contributed by atoms with van der Waals surface area (Å²) >= 11 is 0. The van der Waals surface area contributed by atoms with E-state index in [1.807, 2.05) is 0 Å². The molecule has 12 heavy (non-hydrogen) atoms. The Morgan fingerprint density at radius 2 is 2.00 bits per heavy atom. The second kappa shape index (κ2) is 1.88. The van der Waals surface area contributed by atoms with E-state index in [4.69, 9.17) is 9.47 Å². The zero-order valence-electron chi connectivity index (χ0n) is 7.80. The summed E-state index contributed by atoms with van der Waals surface area (Å²) < 4.78 is 11.1. The maximum Gasteiger partial charge on any atom is 0.0920 e. The first-order chi connectivity index (χ1) is 5.62. The van der Waals surface area contributed by atoms with Gasteiger partial charge in [-0.15, -0.1) is 0 Å². The van der Waals surface area contributed by atoms with Crippen LogP contribution in [0.4, 0.5) is 0 Å². The van der Waals surface area contributed by atoms with Crippen molar-refractivity contribution in [1.29, 1.82) is 0 Å². The van der Waals surface area contributed by atoms with E-state index in [2.05, 4.69) is 13.8 Å². The van der Waals surface area contributed by atoms with Crippen molar-refractivity contribution in [2.75, 3.05) is 6.61 Å². The number of epoxide rings is 2. The number of hydrogen-bond donors (Lipinski definition) is 0. The molecule has 4 unspecified atom stereocenters. The minimum atomic E-state index is 0.229. The van der Waals surface area contributed by atoms with Crippen LogP contribution in [0.1, 0.15) is 33.1 Å². The lowest BCUT2D eigenvalue weighted by Crippen LogP contribution is -2.29. The molecule has 2 aliphatic heterocycles. The Kier molecular flexibility index (Phi) is 1.15. The highest BCUT2D eigenvalue weighted by Gasteiger charge is 2.60. The van der Waals surface area contributed by atoms with E-state index < -0.39 is 0 Å². The van der Waals surface area contributed by atoms with Gasteiger partial charge in [0.05, 0.1) is 23.9 Å². The summed E-state index contributed by atoms with van der Waals surface area (Å²) in [5, 5.41) is 0. The highest BCUT2D eigenvalue weighted by molar-refractivity contribution is 5.08. The zero-order valence-corrected chi connectivity index (χ0v) is 7.80. The number of hydrogen-bond acceptors (Lipinski definition) is 2. The molecule has 0 radical (unpaired) electrons. The Bertz CT molecular complexity index is 222. The average Bonchev–Trinajstić information content (AvgIpc) is 2.86. The van der Waals surface area contributed by atoms with Crippen molar-refractivity contribution in [2.45, 2.75) is 50.4 Å².